The maximum Gasteiger partial charge on any atom is 0.119 e. The molecule has 112 valence electrons. The predicted octanol–water partition coefficient (Wildman–Crippen LogP) is 3.38. The molecule has 3 nitrogen and oxygen atoms in total. The molecule has 0 unspecified atom stereocenters. The van der Waals surface area contributed by atoms with Crippen molar-refractivity contribution in [1.82, 2.24) is 5.32 Å². The van der Waals surface area contributed by atoms with E-state index in [0.717, 1.165) is 36.9 Å². The van der Waals surface area contributed by atoms with Crippen LogP contribution in [0.2, 0.25) is 0 Å². The third kappa shape index (κ3) is 5.51. The summed E-state index contributed by atoms with van der Waals surface area (Å²) in [6, 6.07) is 8.11. The molecule has 3 heteroatoms. The Labute approximate surface area is 122 Å². The van der Waals surface area contributed by atoms with Crippen LogP contribution in [0.15, 0.2) is 24.3 Å². The molecular formula is C17H27NO2. The van der Waals surface area contributed by atoms with Gasteiger partial charge in [0.2, 0.25) is 0 Å². The summed E-state index contributed by atoms with van der Waals surface area (Å²) >= 11 is 0. The molecule has 0 aliphatic heterocycles. The van der Waals surface area contributed by atoms with Crippen LogP contribution in [-0.4, -0.2) is 26.8 Å². The molecule has 0 spiro atoms. The molecule has 2 rings (SSSR count). The van der Waals surface area contributed by atoms with Gasteiger partial charge in [0.1, 0.15) is 12.4 Å². The molecule has 1 aromatic rings. The van der Waals surface area contributed by atoms with Crippen LogP contribution in [-0.2, 0) is 11.3 Å². The Balaban J connectivity index is 1.59. The Morgan fingerprint density at radius 1 is 1.20 bits per heavy atom. The first-order chi connectivity index (χ1) is 9.88. The van der Waals surface area contributed by atoms with E-state index in [9.17, 15) is 0 Å². The van der Waals surface area contributed by atoms with Crippen molar-refractivity contribution in [3.63, 3.8) is 0 Å². The molecular weight excluding hydrogens is 250 g/mol. The van der Waals surface area contributed by atoms with Gasteiger partial charge in [-0.25, -0.2) is 0 Å². The monoisotopic (exact) mass is 277 g/mol. The third-order valence-electron chi connectivity index (χ3n) is 3.91. The van der Waals surface area contributed by atoms with Crippen molar-refractivity contribution in [3.8, 4) is 5.75 Å². The summed E-state index contributed by atoms with van der Waals surface area (Å²) < 4.78 is 10.9. The van der Waals surface area contributed by atoms with Gasteiger partial charge in [-0.3, -0.25) is 0 Å². The minimum absolute atomic E-state index is 0.636. The molecule has 1 saturated carbocycles. The van der Waals surface area contributed by atoms with Crippen molar-refractivity contribution in [1.29, 1.82) is 0 Å². The molecule has 1 aliphatic carbocycles. The van der Waals surface area contributed by atoms with E-state index in [0.29, 0.717) is 6.61 Å². The molecule has 0 atom stereocenters. The zero-order valence-electron chi connectivity index (χ0n) is 12.6. The minimum atomic E-state index is 0.636. The highest BCUT2D eigenvalue weighted by Gasteiger charge is 2.12. The van der Waals surface area contributed by atoms with E-state index in [-0.39, 0.29) is 0 Å². The van der Waals surface area contributed by atoms with E-state index in [1.807, 2.05) is 18.2 Å². The van der Waals surface area contributed by atoms with Crippen LogP contribution in [0.5, 0.6) is 5.75 Å². The highest BCUT2D eigenvalue weighted by atomic mass is 16.5. The minimum Gasteiger partial charge on any atom is -0.492 e. The number of methoxy groups -OCH3 is 1. The van der Waals surface area contributed by atoms with Crippen LogP contribution in [0, 0.1) is 5.92 Å². The molecule has 20 heavy (non-hydrogen) atoms. The second kappa shape index (κ2) is 8.98. The summed E-state index contributed by atoms with van der Waals surface area (Å²) in [5, 5.41) is 3.52. The van der Waals surface area contributed by atoms with Gasteiger partial charge >= 0.3 is 0 Å². The summed E-state index contributed by atoms with van der Waals surface area (Å²) in [7, 11) is 1.71. The average Bonchev–Trinajstić information content (AvgIpc) is 2.49. The Morgan fingerprint density at radius 3 is 2.85 bits per heavy atom. The van der Waals surface area contributed by atoms with Crippen molar-refractivity contribution < 1.29 is 9.47 Å². The van der Waals surface area contributed by atoms with Gasteiger partial charge in [-0.05, 0) is 43.0 Å². The van der Waals surface area contributed by atoms with Crippen LogP contribution in [0.3, 0.4) is 0 Å². The zero-order valence-corrected chi connectivity index (χ0v) is 12.6. The fraction of sp³-hybridized carbons (Fsp3) is 0.647. The number of rotatable bonds is 8. The van der Waals surface area contributed by atoms with Gasteiger partial charge < -0.3 is 14.8 Å². The van der Waals surface area contributed by atoms with Crippen molar-refractivity contribution in [2.24, 2.45) is 5.92 Å². The lowest BCUT2D eigenvalue weighted by Gasteiger charge is -2.21. The number of ether oxygens (including phenoxy) is 2. The standard InChI is InChI=1S/C17H27NO2/c1-19-14-16-8-5-9-17(12-16)20-11-10-18-13-15-6-3-2-4-7-15/h5,8-9,12,15,18H,2-4,6-7,10-11,13-14H2,1H3. The van der Waals surface area contributed by atoms with E-state index in [4.69, 9.17) is 9.47 Å². The van der Waals surface area contributed by atoms with Crippen LogP contribution in [0.1, 0.15) is 37.7 Å². The highest BCUT2D eigenvalue weighted by Crippen LogP contribution is 2.22. The topological polar surface area (TPSA) is 30.5 Å². The molecule has 0 bridgehead atoms. The van der Waals surface area contributed by atoms with E-state index >= 15 is 0 Å². The Morgan fingerprint density at radius 2 is 2.05 bits per heavy atom. The van der Waals surface area contributed by atoms with Gasteiger partial charge in [0, 0.05) is 13.7 Å². The first kappa shape index (κ1) is 15.3. The lowest BCUT2D eigenvalue weighted by Crippen LogP contribution is -2.28. The van der Waals surface area contributed by atoms with Gasteiger partial charge in [-0.15, -0.1) is 0 Å². The Bertz CT molecular complexity index is 375. The molecule has 1 aliphatic rings. The summed E-state index contributed by atoms with van der Waals surface area (Å²) in [6.45, 7) is 3.43. The SMILES string of the molecule is COCc1cccc(OCCNCC2CCCCC2)c1. The predicted molar refractivity (Wildman–Crippen MR) is 82.1 cm³/mol. The quantitative estimate of drug-likeness (QED) is 0.739. The molecule has 1 fully saturated rings. The van der Waals surface area contributed by atoms with Gasteiger partial charge in [0.15, 0.2) is 0 Å². The Kier molecular flexibility index (Phi) is 6.89. The first-order valence-electron chi connectivity index (χ1n) is 7.80. The van der Waals surface area contributed by atoms with Crippen molar-refractivity contribution in [2.75, 3.05) is 26.8 Å². The maximum absolute atomic E-state index is 5.76. The fourth-order valence-corrected chi connectivity index (χ4v) is 2.83. The van der Waals surface area contributed by atoms with Crippen molar-refractivity contribution in [2.45, 2.75) is 38.7 Å². The summed E-state index contributed by atoms with van der Waals surface area (Å²) in [5.41, 5.74) is 1.15. The Hall–Kier alpha value is -1.06. The molecule has 1 N–H and O–H groups in total. The van der Waals surface area contributed by atoms with E-state index in [1.54, 1.807) is 7.11 Å². The molecule has 0 saturated heterocycles. The van der Waals surface area contributed by atoms with Gasteiger partial charge in [-0.2, -0.15) is 0 Å². The molecule has 0 radical (unpaired) electrons. The highest BCUT2D eigenvalue weighted by molar-refractivity contribution is 5.28. The van der Waals surface area contributed by atoms with Crippen LogP contribution in [0.25, 0.3) is 0 Å². The fourth-order valence-electron chi connectivity index (χ4n) is 2.83. The lowest BCUT2D eigenvalue weighted by molar-refractivity contribution is 0.184. The molecule has 0 aromatic heterocycles. The van der Waals surface area contributed by atoms with Crippen LogP contribution in [0.4, 0.5) is 0 Å². The van der Waals surface area contributed by atoms with Crippen LogP contribution >= 0.6 is 0 Å². The smallest absolute Gasteiger partial charge is 0.119 e. The van der Waals surface area contributed by atoms with Crippen molar-refractivity contribution in [3.05, 3.63) is 29.8 Å². The van der Waals surface area contributed by atoms with E-state index < -0.39 is 0 Å². The summed E-state index contributed by atoms with van der Waals surface area (Å²) in [6.07, 6.45) is 7.04. The van der Waals surface area contributed by atoms with Crippen molar-refractivity contribution >= 4 is 0 Å². The molecule has 1 aromatic carbocycles. The summed E-state index contributed by atoms with van der Waals surface area (Å²) in [4.78, 5) is 0. The largest absolute Gasteiger partial charge is 0.492 e. The first-order valence-corrected chi connectivity index (χ1v) is 7.80. The second-order valence-corrected chi connectivity index (χ2v) is 5.64. The van der Waals surface area contributed by atoms with Crippen LogP contribution < -0.4 is 10.1 Å². The normalized spacial score (nSPS) is 16.2. The summed E-state index contributed by atoms with van der Waals surface area (Å²) in [5.74, 6) is 1.81. The molecule has 0 amide bonds. The zero-order chi connectivity index (χ0) is 14.0. The number of hydrogen-bond acceptors (Lipinski definition) is 3. The third-order valence-corrected chi connectivity index (χ3v) is 3.91. The number of nitrogens with one attached hydrogen (secondary N) is 1. The number of benzene rings is 1. The van der Waals surface area contributed by atoms with Gasteiger partial charge in [-0.1, -0.05) is 31.4 Å². The van der Waals surface area contributed by atoms with E-state index in [2.05, 4.69) is 11.4 Å². The van der Waals surface area contributed by atoms with Gasteiger partial charge in [0.05, 0.1) is 6.61 Å². The van der Waals surface area contributed by atoms with Gasteiger partial charge in [0.25, 0.3) is 0 Å². The average molecular weight is 277 g/mol. The number of hydrogen-bond donors (Lipinski definition) is 1. The lowest BCUT2D eigenvalue weighted by atomic mass is 9.89. The van der Waals surface area contributed by atoms with E-state index in [1.165, 1.54) is 32.1 Å². The second-order valence-electron chi connectivity index (χ2n) is 5.64. The maximum atomic E-state index is 5.76. The molecule has 0 heterocycles.